The normalized spacial score (nSPS) is 11.9. The second-order valence-electron chi connectivity index (χ2n) is 5.27. The molecule has 1 atom stereocenters. The monoisotopic (exact) mass is 402 g/mol. The maximum atomic E-state index is 11.6. The number of benzene rings is 2. The van der Waals surface area contributed by atoms with Crippen LogP contribution in [0.25, 0.3) is 11.3 Å². The number of anilines is 1. The molecule has 1 heterocycles. The Morgan fingerprint density at radius 3 is 2.54 bits per heavy atom. The quantitative estimate of drug-likeness (QED) is 0.628. The summed E-state index contributed by atoms with van der Waals surface area (Å²) >= 11 is 4.79. The molecule has 0 fully saturated rings. The molecule has 122 valence electrons. The highest BCUT2D eigenvalue weighted by molar-refractivity contribution is 9.10. The van der Waals surface area contributed by atoms with Crippen LogP contribution in [-0.2, 0) is 11.2 Å². The predicted molar refractivity (Wildman–Crippen MR) is 100 cm³/mol. The summed E-state index contributed by atoms with van der Waals surface area (Å²) in [6.45, 7) is 0. The Balaban J connectivity index is 1.73. The lowest BCUT2D eigenvalue weighted by atomic mass is 10.1. The van der Waals surface area contributed by atoms with Gasteiger partial charge in [-0.3, -0.25) is 0 Å². The molecule has 0 aliphatic heterocycles. The van der Waals surface area contributed by atoms with Crippen molar-refractivity contribution in [2.75, 3.05) is 5.32 Å². The van der Waals surface area contributed by atoms with Crippen LogP contribution in [0.1, 0.15) is 5.56 Å². The van der Waals surface area contributed by atoms with E-state index in [4.69, 9.17) is 0 Å². The highest BCUT2D eigenvalue weighted by atomic mass is 79.9. The molecule has 1 unspecified atom stereocenters. The Hall–Kier alpha value is -2.18. The molecule has 0 radical (unpaired) electrons. The standard InChI is InChI=1S/C18H15BrN2O2S/c19-14-8-6-12(7-9-14)10-15(17(22)23)20-18-21-16(11-24-18)13-4-2-1-3-5-13/h1-9,11,15H,10H2,(H,20,21)(H,22,23). The number of nitrogens with one attached hydrogen (secondary N) is 1. The van der Waals surface area contributed by atoms with Gasteiger partial charge in [0.15, 0.2) is 5.13 Å². The van der Waals surface area contributed by atoms with E-state index in [0.29, 0.717) is 11.6 Å². The lowest BCUT2D eigenvalue weighted by molar-refractivity contribution is -0.137. The highest BCUT2D eigenvalue weighted by Crippen LogP contribution is 2.25. The summed E-state index contributed by atoms with van der Waals surface area (Å²) in [7, 11) is 0. The summed E-state index contributed by atoms with van der Waals surface area (Å²) in [5, 5.41) is 15.0. The number of carboxylic acid groups (broad SMARTS) is 1. The van der Waals surface area contributed by atoms with Crippen LogP contribution in [0.15, 0.2) is 64.5 Å². The van der Waals surface area contributed by atoms with Crippen molar-refractivity contribution in [1.82, 2.24) is 4.98 Å². The van der Waals surface area contributed by atoms with Crippen molar-refractivity contribution in [2.45, 2.75) is 12.5 Å². The molecule has 2 aromatic carbocycles. The Morgan fingerprint density at radius 2 is 1.88 bits per heavy atom. The minimum Gasteiger partial charge on any atom is -0.480 e. The third-order valence-electron chi connectivity index (χ3n) is 3.52. The van der Waals surface area contributed by atoms with Crippen LogP contribution in [0.4, 0.5) is 5.13 Å². The third kappa shape index (κ3) is 4.21. The molecule has 1 aromatic heterocycles. The number of carbonyl (C=O) groups is 1. The first-order valence-electron chi connectivity index (χ1n) is 7.36. The molecule has 2 N–H and O–H groups in total. The lowest BCUT2D eigenvalue weighted by Crippen LogP contribution is -2.31. The van der Waals surface area contributed by atoms with Gasteiger partial charge < -0.3 is 10.4 Å². The zero-order valence-electron chi connectivity index (χ0n) is 12.6. The van der Waals surface area contributed by atoms with Gasteiger partial charge in [0.25, 0.3) is 0 Å². The summed E-state index contributed by atoms with van der Waals surface area (Å²) in [5.74, 6) is -0.894. The third-order valence-corrected chi connectivity index (χ3v) is 4.82. The van der Waals surface area contributed by atoms with Crippen LogP contribution in [0.5, 0.6) is 0 Å². The molecule has 0 spiro atoms. The van der Waals surface area contributed by atoms with E-state index in [1.165, 1.54) is 11.3 Å². The number of aromatic nitrogens is 1. The van der Waals surface area contributed by atoms with Crippen LogP contribution < -0.4 is 5.32 Å². The average Bonchev–Trinajstić information content (AvgIpc) is 3.05. The Labute approximate surface area is 152 Å². The van der Waals surface area contributed by atoms with Crippen molar-refractivity contribution in [2.24, 2.45) is 0 Å². The van der Waals surface area contributed by atoms with Gasteiger partial charge in [0, 0.05) is 21.8 Å². The van der Waals surface area contributed by atoms with Crippen molar-refractivity contribution >= 4 is 38.4 Å². The van der Waals surface area contributed by atoms with Gasteiger partial charge in [-0.2, -0.15) is 0 Å². The smallest absolute Gasteiger partial charge is 0.326 e. The van der Waals surface area contributed by atoms with Gasteiger partial charge in [-0.1, -0.05) is 58.4 Å². The minimum absolute atomic E-state index is 0.392. The van der Waals surface area contributed by atoms with Crippen molar-refractivity contribution in [3.05, 3.63) is 70.0 Å². The van der Waals surface area contributed by atoms with E-state index < -0.39 is 12.0 Å². The molecule has 0 saturated carbocycles. The number of halogens is 1. The van der Waals surface area contributed by atoms with Gasteiger partial charge >= 0.3 is 5.97 Å². The van der Waals surface area contributed by atoms with Crippen molar-refractivity contribution in [3.63, 3.8) is 0 Å². The van der Waals surface area contributed by atoms with Gasteiger partial charge in [-0.25, -0.2) is 9.78 Å². The summed E-state index contributed by atoms with van der Waals surface area (Å²) in [6, 6.07) is 16.7. The predicted octanol–water partition coefficient (Wildman–Crippen LogP) is 4.68. The fourth-order valence-electron chi connectivity index (χ4n) is 2.29. The van der Waals surface area contributed by atoms with Crippen LogP contribution in [-0.4, -0.2) is 22.1 Å². The maximum absolute atomic E-state index is 11.6. The van der Waals surface area contributed by atoms with Crippen molar-refractivity contribution in [1.29, 1.82) is 0 Å². The molecule has 0 bridgehead atoms. The number of carboxylic acids is 1. The molecule has 0 amide bonds. The number of aliphatic carboxylic acids is 1. The minimum atomic E-state index is -0.894. The van der Waals surface area contributed by atoms with E-state index in [1.54, 1.807) is 0 Å². The van der Waals surface area contributed by atoms with Crippen LogP contribution in [0, 0.1) is 0 Å². The number of hydrogen-bond acceptors (Lipinski definition) is 4. The topological polar surface area (TPSA) is 62.2 Å². The molecule has 4 nitrogen and oxygen atoms in total. The highest BCUT2D eigenvalue weighted by Gasteiger charge is 2.19. The first-order valence-corrected chi connectivity index (χ1v) is 9.04. The van der Waals surface area contributed by atoms with Gasteiger partial charge in [0.2, 0.25) is 0 Å². The Morgan fingerprint density at radius 1 is 1.17 bits per heavy atom. The largest absolute Gasteiger partial charge is 0.480 e. The molecule has 0 aliphatic rings. The zero-order chi connectivity index (χ0) is 16.9. The van der Waals surface area contributed by atoms with Crippen molar-refractivity contribution < 1.29 is 9.90 Å². The van der Waals surface area contributed by atoms with E-state index >= 15 is 0 Å². The Bertz CT molecular complexity index is 819. The molecule has 3 rings (SSSR count). The molecular weight excluding hydrogens is 388 g/mol. The maximum Gasteiger partial charge on any atom is 0.326 e. The Kier molecular flexibility index (Phi) is 5.27. The molecule has 0 saturated heterocycles. The summed E-state index contributed by atoms with van der Waals surface area (Å²) < 4.78 is 0.971. The number of rotatable bonds is 6. The van der Waals surface area contributed by atoms with Gasteiger partial charge in [0.1, 0.15) is 6.04 Å². The summed E-state index contributed by atoms with van der Waals surface area (Å²) in [6.07, 6.45) is 0.392. The van der Waals surface area contributed by atoms with Gasteiger partial charge in [-0.05, 0) is 17.7 Å². The number of hydrogen-bond donors (Lipinski definition) is 2. The number of thiazole rings is 1. The van der Waals surface area contributed by atoms with Crippen LogP contribution >= 0.6 is 27.3 Å². The fourth-order valence-corrected chi connectivity index (χ4v) is 3.32. The molecular formula is C18H15BrN2O2S. The van der Waals surface area contributed by atoms with E-state index in [1.807, 2.05) is 60.0 Å². The van der Waals surface area contributed by atoms with Crippen molar-refractivity contribution in [3.8, 4) is 11.3 Å². The summed E-state index contributed by atoms with van der Waals surface area (Å²) in [5.41, 5.74) is 2.82. The zero-order valence-corrected chi connectivity index (χ0v) is 15.0. The van der Waals surface area contributed by atoms with E-state index in [-0.39, 0.29) is 0 Å². The van der Waals surface area contributed by atoms with Crippen LogP contribution in [0.2, 0.25) is 0 Å². The second kappa shape index (κ2) is 7.59. The molecule has 3 aromatic rings. The molecule has 6 heteroatoms. The SMILES string of the molecule is O=C(O)C(Cc1ccc(Br)cc1)Nc1nc(-c2ccccc2)cs1. The number of nitrogens with zero attached hydrogens (tertiary/aromatic N) is 1. The van der Waals surface area contributed by atoms with Crippen LogP contribution in [0.3, 0.4) is 0 Å². The summed E-state index contributed by atoms with van der Waals surface area (Å²) in [4.78, 5) is 16.1. The second-order valence-corrected chi connectivity index (χ2v) is 7.04. The van der Waals surface area contributed by atoms with E-state index in [2.05, 4.69) is 26.2 Å². The fraction of sp³-hybridized carbons (Fsp3) is 0.111. The van der Waals surface area contributed by atoms with E-state index in [0.717, 1.165) is 21.3 Å². The molecule has 24 heavy (non-hydrogen) atoms. The van der Waals surface area contributed by atoms with Gasteiger partial charge in [0.05, 0.1) is 5.69 Å². The first-order chi connectivity index (χ1) is 11.6. The first kappa shape index (κ1) is 16.7. The van der Waals surface area contributed by atoms with E-state index in [9.17, 15) is 9.90 Å². The molecule has 0 aliphatic carbocycles. The lowest BCUT2D eigenvalue weighted by Gasteiger charge is -2.13. The average molecular weight is 403 g/mol. The van der Waals surface area contributed by atoms with Gasteiger partial charge in [-0.15, -0.1) is 11.3 Å².